The molecule has 20 heavy (non-hydrogen) atoms. The predicted octanol–water partition coefficient (Wildman–Crippen LogP) is 1.50. The average Bonchev–Trinajstić information content (AvgIpc) is 2.43. The summed E-state index contributed by atoms with van der Waals surface area (Å²) >= 11 is 0. The molecule has 5 nitrogen and oxygen atoms in total. The molecule has 0 aromatic heterocycles. The number of aryl methyl sites for hydroxylation is 1. The number of carbonyl (C=O) groups is 1. The highest BCUT2D eigenvalue weighted by Crippen LogP contribution is 2.37. The van der Waals surface area contributed by atoms with Crippen LogP contribution in [-0.4, -0.2) is 29.9 Å². The van der Waals surface area contributed by atoms with E-state index in [1.54, 1.807) is 0 Å². The van der Waals surface area contributed by atoms with Crippen molar-refractivity contribution in [1.29, 1.82) is 0 Å². The molecule has 2 aliphatic heterocycles. The minimum Gasteiger partial charge on any atom is -0.385 e. The highest BCUT2D eigenvalue weighted by Gasteiger charge is 2.60. The Bertz CT molecular complexity index is 680. The number of anilines is 1. The molecule has 3 rings (SSSR count). The lowest BCUT2D eigenvalue weighted by atomic mass is 9.99. The van der Waals surface area contributed by atoms with Gasteiger partial charge >= 0.3 is 0 Å². The zero-order chi connectivity index (χ0) is 14.5. The first-order valence-electron chi connectivity index (χ1n) is 6.77. The van der Waals surface area contributed by atoms with E-state index in [0.29, 0.717) is 0 Å². The van der Waals surface area contributed by atoms with Gasteiger partial charge in [0.15, 0.2) is 4.75 Å². The Morgan fingerprint density at radius 3 is 2.80 bits per heavy atom. The zero-order valence-corrected chi connectivity index (χ0v) is 12.5. The molecule has 6 heteroatoms. The van der Waals surface area contributed by atoms with Crippen molar-refractivity contribution in [2.24, 2.45) is 0 Å². The molecule has 0 saturated carbocycles. The van der Waals surface area contributed by atoms with Crippen molar-refractivity contribution in [3.63, 3.8) is 0 Å². The van der Waals surface area contributed by atoms with Crippen molar-refractivity contribution >= 4 is 21.6 Å². The van der Waals surface area contributed by atoms with Gasteiger partial charge in [0.1, 0.15) is 0 Å². The third-order valence-electron chi connectivity index (χ3n) is 4.15. The highest BCUT2D eigenvalue weighted by atomic mass is 32.2. The van der Waals surface area contributed by atoms with Crippen molar-refractivity contribution in [3.05, 3.63) is 29.3 Å². The number of nitrogens with zero attached hydrogens (tertiary/aromatic N) is 1. The molecule has 1 saturated heterocycles. The lowest BCUT2D eigenvalue weighted by Crippen LogP contribution is -2.66. The van der Waals surface area contributed by atoms with E-state index < -0.39 is 14.8 Å². The van der Waals surface area contributed by atoms with Crippen molar-refractivity contribution in [1.82, 2.24) is 4.31 Å². The van der Waals surface area contributed by atoms with Gasteiger partial charge in [-0.1, -0.05) is 18.2 Å². The Morgan fingerprint density at radius 2 is 2.10 bits per heavy atom. The van der Waals surface area contributed by atoms with Gasteiger partial charge in [0.2, 0.25) is 0 Å². The molecule has 2 heterocycles. The van der Waals surface area contributed by atoms with E-state index in [4.69, 9.17) is 0 Å². The van der Waals surface area contributed by atoms with Crippen molar-refractivity contribution in [2.75, 3.05) is 11.9 Å². The Morgan fingerprint density at radius 1 is 1.35 bits per heavy atom. The predicted molar refractivity (Wildman–Crippen MR) is 76.8 cm³/mol. The first-order chi connectivity index (χ1) is 9.35. The summed E-state index contributed by atoms with van der Waals surface area (Å²) in [6.07, 6.45) is 2.06. The maximum absolute atomic E-state index is 12.1. The van der Waals surface area contributed by atoms with Crippen LogP contribution in [0.3, 0.4) is 0 Å². The summed E-state index contributed by atoms with van der Waals surface area (Å²) in [5.41, 5.74) is 3.06. The van der Waals surface area contributed by atoms with E-state index in [-0.39, 0.29) is 12.5 Å². The quantitative estimate of drug-likeness (QED) is 0.897. The van der Waals surface area contributed by atoms with Crippen molar-refractivity contribution in [2.45, 2.75) is 38.0 Å². The molecule has 0 unspecified atom stereocenters. The van der Waals surface area contributed by atoms with Crippen LogP contribution in [0.2, 0.25) is 0 Å². The van der Waals surface area contributed by atoms with E-state index >= 15 is 0 Å². The molecule has 0 bridgehead atoms. The standard InChI is InChI=1S/C14H18N2O3S/c1-14(2)13(17)16(20(14,18)19)9-11-6-3-5-10-7-4-8-15-12(10)11/h3,5-6,15H,4,7-9H2,1-2H3. The molecule has 1 N–H and O–H groups in total. The number of fused-ring (bicyclic) bond motifs is 1. The van der Waals surface area contributed by atoms with Gasteiger partial charge < -0.3 is 5.32 Å². The minimum atomic E-state index is -3.52. The van der Waals surface area contributed by atoms with E-state index in [1.165, 1.54) is 19.4 Å². The molecule has 108 valence electrons. The topological polar surface area (TPSA) is 66.5 Å². The summed E-state index contributed by atoms with van der Waals surface area (Å²) < 4.78 is 24.0. The van der Waals surface area contributed by atoms with Gasteiger partial charge in [0.25, 0.3) is 15.9 Å². The lowest BCUT2D eigenvalue weighted by molar-refractivity contribution is -0.132. The maximum Gasteiger partial charge on any atom is 0.259 e. The number of sulfonamides is 1. The van der Waals surface area contributed by atoms with Gasteiger partial charge in [-0.05, 0) is 37.8 Å². The summed E-state index contributed by atoms with van der Waals surface area (Å²) in [4.78, 5) is 12.0. The third kappa shape index (κ3) is 1.67. The molecule has 2 aliphatic rings. The second kappa shape index (κ2) is 4.22. The molecule has 0 atom stereocenters. The van der Waals surface area contributed by atoms with Gasteiger partial charge in [-0.15, -0.1) is 0 Å². The smallest absolute Gasteiger partial charge is 0.259 e. The molecule has 1 amide bonds. The van der Waals surface area contributed by atoms with E-state index in [0.717, 1.165) is 34.9 Å². The average molecular weight is 294 g/mol. The van der Waals surface area contributed by atoms with Gasteiger partial charge in [0, 0.05) is 12.2 Å². The summed E-state index contributed by atoms with van der Waals surface area (Å²) in [6.45, 7) is 3.93. The second-order valence-corrected chi connectivity index (χ2v) is 8.22. The van der Waals surface area contributed by atoms with Crippen LogP contribution < -0.4 is 5.32 Å². The number of hydrogen-bond donors (Lipinski definition) is 1. The molecular formula is C14H18N2O3S. The monoisotopic (exact) mass is 294 g/mol. The molecule has 0 aliphatic carbocycles. The SMILES string of the molecule is CC1(C)C(=O)N(Cc2cccc3c2NCCC3)S1(=O)=O. The number of rotatable bonds is 2. The molecule has 0 spiro atoms. The minimum absolute atomic E-state index is 0.126. The van der Waals surface area contributed by atoms with Gasteiger partial charge in [0.05, 0.1) is 6.54 Å². The van der Waals surface area contributed by atoms with Gasteiger partial charge in [-0.2, -0.15) is 0 Å². The molecule has 1 aromatic carbocycles. The first-order valence-corrected chi connectivity index (χ1v) is 8.21. The lowest BCUT2D eigenvalue weighted by Gasteiger charge is -2.43. The highest BCUT2D eigenvalue weighted by molar-refractivity contribution is 7.94. The Balaban J connectivity index is 1.92. The summed E-state index contributed by atoms with van der Waals surface area (Å²) in [5.74, 6) is -0.328. The number of carbonyl (C=O) groups excluding carboxylic acids is 1. The number of nitrogens with one attached hydrogen (secondary N) is 1. The fourth-order valence-electron chi connectivity index (χ4n) is 2.78. The Hall–Kier alpha value is -1.56. The summed E-state index contributed by atoms with van der Waals surface area (Å²) in [6, 6.07) is 5.84. The Labute approximate surface area is 119 Å². The summed E-state index contributed by atoms with van der Waals surface area (Å²) in [7, 11) is -3.52. The van der Waals surface area contributed by atoms with Crippen LogP contribution in [0.4, 0.5) is 5.69 Å². The zero-order valence-electron chi connectivity index (χ0n) is 11.6. The van der Waals surface area contributed by atoms with E-state index in [1.807, 2.05) is 18.2 Å². The van der Waals surface area contributed by atoms with Crippen LogP contribution in [0.25, 0.3) is 0 Å². The Kier molecular flexibility index (Phi) is 2.83. The number of amides is 1. The van der Waals surface area contributed by atoms with Crippen LogP contribution in [0.15, 0.2) is 18.2 Å². The van der Waals surface area contributed by atoms with Crippen molar-refractivity contribution < 1.29 is 13.2 Å². The molecule has 1 aromatic rings. The summed E-state index contributed by atoms with van der Waals surface area (Å²) in [5, 5.41) is 3.31. The largest absolute Gasteiger partial charge is 0.385 e. The molecule has 1 fully saturated rings. The molecule has 0 radical (unpaired) electrons. The number of hydrogen-bond acceptors (Lipinski definition) is 4. The number of para-hydroxylation sites is 1. The maximum atomic E-state index is 12.1. The fourth-order valence-corrected chi connectivity index (χ4v) is 4.29. The molecular weight excluding hydrogens is 276 g/mol. The third-order valence-corrected chi connectivity index (χ3v) is 6.49. The van der Waals surface area contributed by atoms with Crippen LogP contribution in [0.5, 0.6) is 0 Å². The van der Waals surface area contributed by atoms with E-state index in [2.05, 4.69) is 5.32 Å². The van der Waals surface area contributed by atoms with Crippen LogP contribution in [0.1, 0.15) is 31.4 Å². The van der Waals surface area contributed by atoms with Crippen LogP contribution in [-0.2, 0) is 27.8 Å². The second-order valence-electron chi connectivity index (χ2n) is 5.81. The fraction of sp³-hybridized carbons (Fsp3) is 0.500. The van der Waals surface area contributed by atoms with Gasteiger partial charge in [-0.25, -0.2) is 12.7 Å². The van der Waals surface area contributed by atoms with Crippen LogP contribution in [0, 0.1) is 0 Å². The van der Waals surface area contributed by atoms with Crippen LogP contribution >= 0.6 is 0 Å². The normalized spacial score (nSPS) is 22.7. The van der Waals surface area contributed by atoms with E-state index in [9.17, 15) is 13.2 Å². The van der Waals surface area contributed by atoms with Gasteiger partial charge in [-0.3, -0.25) is 4.79 Å². The number of benzene rings is 1. The first kappa shape index (κ1) is 13.4. The van der Waals surface area contributed by atoms with Crippen molar-refractivity contribution in [3.8, 4) is 0 Å².